The number of rotatable bonds is 6. The van der Waals surface area contributed by atoms with Gasteiger partial charge in [-0.25, -0.2) is 15.4 Å². The molecular weight excluding hydrogens is 360 g/mol. The first-order valence-corrected chi connectivity index (χ1v) is 8.52. The predicted molar refractivity (Wildman–Crippen MR) is 91.6 cm³/mol. The number of aromatic nitrogens is 2. The van der Waals surface area contributed by atoms with Crippen molar-refractivity contribution in [3.05, 3.63) is 12.0 Å². The van der Waals surface area contributed by atoms with E-state index in [1.54, 1.807) is 13.8 Å². The molecule has 3 unspecified atom stereocenters. The summed E-state index contributed by atoms with van der Waals surface area (Å²) in [5.74, 6) is -0.902. The van der Waals surface area contributed by atoms with Crippen LogP contribution in [0.2, 0.25) is 0 Å². The van der Waals surface area contributed by atoms with Crippen molar-refractivity contribution in [1.82, 2.24) is 20.0 Å². The average molecular weight is 384 g/mol. The minimum atomic E-state index is -1.28. The topological polar surface area (TPSA) is 179 Å². The Bertz CT molecular complexity index is 724. The number of aliphatic carboxylic acids is 1. The number of nitrogens with zero attached hydrogens (tertiary/aromatic N) is 4. The first kappa shape index (κ1) is 19.7. The van der Waals surface area contributed by atoms with Crippen molar-refractivity contribution in [2.24, 2.45) is 16.6 Å². The minimum Gasteiger partial charge on any atom is -0.480 e. The second kappa shape index (κ2) is 7.50. The van der Waals surface area contributed by atoms with Crippen LogP contribution in [0.3, 0.4) is 0 Å². The molecule has 2 aliphatic rings. The Morgan fingerprint density at radius 3 is 2.67 bits per heavy atom. The summed E-state index contributed by atoms with van der Waals surface area (Å²) in [7, 11) is 0. The summed E-state index contributed by atoms with van der Waals surface area (Å²) in [4.78, 5) is 19.8. The van der Waals surface area contributed by atoms with Gasteiger partial charge in [-0.05, 0) is 5.92 Å². The maximum atomic E-state index is 11.4. The number of aliphatic hydroxyl groups is 3. The predicted octanol–water partition coefficient (Wildman–Crippen LogP) is -1.96. The maximum absolute atomic E-state index is 11.4. The van der Waals surface area contributed by atoms with Gasteiger partial charge in [-0.2, -0.15) is 0 Å². The maximum Gasteiger partial charge on any atom is 0.322 e. The molecule has 0 radical (unpaired) electrons. The lowest BCUT2D eigenvalue weighted by atomic mass is 10.1. The Labute approximate surface area is 154 Å². The zero-order chi connectivity index (χ0) is 19.9. The van der Waals surface area contributed by atoms with E-state index >= 15 is 0 Å². The van der Waals surface area contributed by atoms with Crippen LogP contribution in [0.15, 0.2) is 11.3 Å². The van der Waals surface area contributed by atoms with Crippen molar-refractivity contribution < 1.29 is 30.0 Å². The first-order valence-electron chi connectivity index (χ1n) is 8.52. The number of hydrogen-bond donors (Lipinski definition) is 6. The van der Waals surface area contributed by atoms with E-state index in [0.717, 1.165) is 0 Å². The van der Waals surface area contributed by atoms with E-state index in [1.807, 2.05) is 0 Å². The molecule has 3 rings (SSSR count). The number of nitrogens with one attached hydrogen (secondary N) is 1. The molecule has 27 heavy (non-hydrogen) atoms. The number of carboxylic acids is 1. The highest BCUT2D eigenvalue weighted by Gasteiger charge is 2.45. The molecule has 0 aromatic carbocycles. The van der Waals surface area contributed by atoms with Crippen molar-refractivity contribution in [2.75, 3.05) is 6.61 Å². The summed E-state index contributed by atoms with van der Waals surface area (Å²) in [5.41, 5.74) is 9.33. The fourth-order valence-corrected chi connectivity index (χ4v) is 3.09. The Balaban J connectivity index is 1.82. The van der Waals surface area contributed by atoms with Crippen LogP contribution in [-0.2, 0) is 9.53 Å². The zero-order valence-corrected chi connectivity index (χ0v) is 14.9. The molecule has 3 heterocycles. The highest BCUT2D eigenvalue weighted by Crippen LogP contribution is 2.36. The van der Waals surface area contributed by atoms with Gasteiger partial charge >= 0.3 is 5.97 Å². The Hall–Kier alpha value is -2.09. The van der Waals surface area contributed by atoms with Crippen molar-refractivity contribution in [2.45, 2.75) is 50.6 Å². The van der Waals surface area contributed by atoms with Gasteiger partial charge in [0.05, 0.1) is 12.9 Å². The third-order valence-corrected chi connectivity index (χ3v) is 4.69. The quantitative estimate of drug-likeness (QED) is 0.322. The van der Waals surface area contributed by atoms with Crippen LogP contribution < -0.4 is 11.2 Å². The average Bonchev–Trinajstić information content (AvgIpc) is 3.16. The van der Waals surface area contributed by atoms with Crippen LogP contribution in [0.1, 0.15) is 31.9 Å². The van der Waals surface area contributed by atoms with Crippen LogP contribution in [0.25, 0.3) is 0 Å². The van der Waals surface area contributed by atoms with Gasteiger partial charge in [0.1, 0.15) is 42.6 Å². The summed E-state index contributed by atoms with van der Waals surface area (Å²) in [6.45, 7) is 3.08. The van der Waals surface area contributed by atoms with Crippen LogP contribution >= 0.6 is 0 Å². The third-order valence-electron chi connectivity index (χ3n) is 4.69. The van der Waals surface area contributed by atoms with Crippen molar-refractivity contribution >= 4 is 18.1 Å². The van der Waals surface area contributed by atoms with Crippen LogP contribution in [0.4, 0.5) is 5.82 Å². The summed E-state index contributed by atoms with van der Waals surface area (Å²) in [6.07, 6.45) is -2.56. The van der Waals surface area contributed by atoms with Crippen LogP contribution in [-0.4, -0.2) is 78.3 Å². The largest absolute Gasteiger partial charge is 0.480 e. The van der Waals surface area contributed by atoms with E-state index in [4.69, 9.17) is 10.5 Å². The molecule has 12 nitrogen and oxygen atoms in total. The third kappa shape index (κ3) is 3.42. The van der Waals surface area contributed by atoms with E-state index < -0.39 is 49.3 Å². The number of nitrogens with two attached hydrogens (primary N) is 1. The molecule has 0 aliphatic carbocycles. The van der Waals surface area contributed by atoms with E-state index in [1.165, 1.54) is 22.2 Å². The highest BCUT2D eigenvalue weighted by molar-refractivity contribution is 5.74. The molecule has 0 amide bonds. The van der Waals surface area contributed by atoms with Gasteiger partial charge in [0.25, 0.3) is 0 Å². The monoisotopic (exact) mass is 384 g/mol. The van der Waals surface area contributed by atoms with Crippen molar-refractivity contribution in [3.8, 4) is 0 Å². The lowest BCUT2D eigenvalue weighted by Gasteiger charge is -2.33. The lowest BCUT2D eigenvalue weighted by molar-refractivity contribution is -0.142. The molecule has 1 fully saturated rings. The summed E-state index contributed by atoms with van der Waals surface area (Å²) in [5, 5.41) is 40.0. The normalized spacial score (nSPS) is 31.4. The number of fused-ring (bicyclic) bond motifs is 1. The van der Waals surface area contributed by atoms with Crippen LogP contribution in [0.5, 0.6) is 0 Å². The number of hydrogen-bond acceptors (Lipinski definition) is 10. The molecule has 7 N–H and O–H groups in total. The highest BCUT2D eigenvalue weighted by atomic mass is 16.6. The van der Waals surface area contributed by atoms with E-state index in [2.05, 4.69) is 15.4 Å². The summed E-state index contributed by atoms with van der Waals surface area (Å²) in [6, 6.07) is -0.869. The van der Waals surface area contributed by atoms with E-state index in [0.29, 0.717) is 11.5 Å². The van der Waals surface area contributed by atoms with Gasteiger partial charge in [-0.15, -0.1) is 0 Å². The molecule has 1 aromatic rings. The summed E-state index contributed by atoms with van der Waals surface area (Å²) >= 11 is 0. The van der Waals surface area contributed by atoms with E-state index in [9.17, 15) is 25.2 Å². The Kier molecular flexibility index (Phi) is 5.46. The Morgan fingerprint density at radius 2 is 2.11 bits per heavy atom. The molecule has 0 spiro atoms. The fraction of sp³-hybridized carbons (Fsp3) is 0.667. The smallest absolute Gasteiger partial charge is 0.322 e. The number of ether oxygens (including phenoxy) is 1. The van der Waals surface area contributed by atoms with Gasteiger partial charge < -0.3 is 30.9 Å². The van der Waals surface area contributed by atoms with Gasteiger partial charge in [0.15, 0.2) is 12.0 Å². The standard InChI is InChI=1S/C15H24N6O6/c1-6(2)8(15(25)26)19-21-5-18-13-9(12(21)16)17-4-20(13)14-11(24)10(23)7(3-22)27-14/h4-8,10-12,14,19,22-24H,3,16H2,1-2H3,(H,25,26)/t7-,8+,10?,11?,12?,14-/m1/s1. The number of aliphatic imine (C=N–C) groups is 1. The molecule has 150 valence electrons. The fourth-order valence-electron chi connectivity index (χ4n) is 3.09. The SMILES string of the molecule is CC(C)[C@H](NN1C=Nc2c(ncn2[C@@H]2O[C@H](CO)C(O)C2O)C1N)C(=O)O. The molecule has 1 aromatic heterocycles. The van der Waals surface area contributed by atoms with E-state index in [-0.39, 0.29) is 5.92 Å². The number of carbonyl (C=O) groups is 1. The molecule has 1 saturated heterocycles. The zero-order valence-electron chi connectivity index (χ0n) is 14.9. The molecule has 0 bridgehead atoms. The van der Waals surface area contributed by atoms with Gasteiger partial charge in [-0.3, -0.25) is 14.4 Å². The van der Waals surface area contributed by atoms with Gasteiger partial charge in [-0.1, -0.05) is 13.8 Å². The molecule has 2 aliphatic heterocycles. The number of aliphatic hydroxyl groups excluding tert-OH is 3. The number of imidazole rings is 1. The minimum absolute atomic E-state index is 0.194. The Morgan fingerprint density at radius 1 is 1.41 bits per heavy atom. The molecule has 12 heteroatoms. The number of hydrazine groups is 1. The second-order valence-corrected chi connectivity index (χ2v) is 6.88. The molecule has 6 atom stereocenters. The molecule has 0 saturated carbocycles. The number of carboxylic acid groups (broad SMARTS) is 1. The second-order valence-electron chi connectivity index (χ2n) is 6.88. The van der Waals surface area contributed by atoms with Gasteiger partial charge in [0, 0.05) is 0 Å². The first-order chi connectivity index (χ1) is 12.8. The molecular formula is C15H24N6O6. The lowest BCUT2D eigenvalue weighted by Crippen LogP contribution is -2.54. The van der Waals surface area contributed by atoms with Gasteiger partial charge in [0.2, 0.25) is 0 Å². The van der Waals surface area contributed by atoms with Crippen LogP contribution in [0, 0.1) is 5.92 Å². The van der Waals surface area contributed by atoms with Crippen molar-refractivity contribution in [3.63, 3.8) is 0 Å². The van der Waals surface area contributed by atoms with Crippen molar-refractivity contribution in [1.29, 1.82) is 0 Å². The summed E-state index contributed by atoms with van der Waals surface area (Å²) < 4.78 is 6.91.